The molecule has 0 aromatic heterocycles. The molecule has 9 heteroatoms. The Kier molecular flexibility index (Phi) is 51.0. The minimum absolute atomic E-state index is 0.0157. The van der Waals surface area contributed by atoms with Crippen LogP contribution in [0.15, 0.2) is 134 Å². The summed E-state index contributed by atoms with van der Waals surface area (Å²) in [5.41, 5.74) is 0. The van der Waals surface area contributed by atoms with E-state index >= 15 is 0 Å². The highest BCUT2D eigenvalue weighted by atomic mass is 31.2. The largest absolute Gasteiger partial charge is 0.756 e. The van der Waals surface area contributed by atoms with Crippen molar-refractivity contribution >= 4 is 13.7 Å². The highest BCUT2D eigenvalue weighted by Crippen LogP contribution is 2.38. The normalized spacial score (nSPS) is 14.9. The molecule has 0 fully saturated rings. The number of hydrogen-bond acceptors (Lipinski definition) is 6. The van der Waals surface area contributed by atoms with Gasteiger partial charge in [-0.25, -0.2) is 0 Å². The van der Waals surface area contributed by atoms with Crippen LogP contribution in [0.25, 0.3) is 0 Å². The number of nitrogens with zero attached hydrogens (tertiary/aromatic N) is 1. The van der Waals surface area contributed by atoms with Gasteiger partial charge >= 0.3 is 0 Å². The number of carbonyl (C=O) groups excluding carboxylic acids is 1. The lowest BCUT2D eigenvalue weighted by Gasteiger charge is -2.29. The molecule has 0 aliphatic heterocycles. The minimum atomic E-state index is -4.62. The number of phosphoric ester groups is 1. The summed E-state index contributed by atoms with van der Waals surface area (Å²) in [6, 6.07) is -0.919. The van der Waals surface area contributed by atoms with E-state index in [2.05, 4.69) is 141 Å². The number of allylic oxidation sites excluding steroid dienone is 21. The van der Waals surface area contributed by atoms with E-state index in [4.69, 9.17) is 9.05 Å². The average molecular weight is 1030 g/mol. The van der Waals surface area contributed by atoms with Crippen LogP contribution in [-0.4, -0.2) is 68.5 Å². The van der Waals surface area contributed by atoms with Crippen molar-refractivity contribution in [1.82, 2.24) is 5.32 Å². The Morgan fingerprint density at radius 1 is 0.493 bits per heavy atom. The zero-order chi connectivity index (χ0) is 53.5. The van der Waals surface area contributed by atoms with Gasteiger partial charge in [-0.2, -0.15) is 0 Å². The molecule has 3 unspecified atom stereocenters. The van der Waals surface area contributed by atoms with Gasteiger partial charge in [-0.1, -0.05) is 237 Å². The number of nitrogens with one attached hydrogen (secondary N) is 1. The Bertz CT molecular complexity index is 1640. The minimum Gasteiger partial charge on any atom is -0.756 e. The van der Waals surface area contributed by atoms with Crippen molar-refractivity contribution in [3.8, 4) is 0 Å². The van der Waals surface area contributed by atoms with E-state index in [0.717, 1.165) is 109 Å². The number of phosphoric acid groups is 1. The first-order valence-electron chi connectivity index (χ1n) is 29.0. The summed E-state index contributed by atoms with van der Waals surface area (Å²) in [7, 11) is 1.22. The molecule has 0 aromatic carbocycles. The van der Waals surface area contributed by atoms with Crippen LogP contribution in [0.3, 0.4) is 0 Å². The summed E-state index contributed by atoms with van der Waals surface area (Å²) >= 11 is 0. The molecular formula is C64H109N2O6P. The molecule has 0 saturated carbocycles. The van der Waals surface area contributed by atoms with E-state index in [1.807, 2.05) is 27.2 Å². The van der Waals surface area contributed by atoms with Crippen molar-refractivity contribution in [1.29, 1.82) is 0 Å². The van der Waals surface area contributed by atoms with Crippen molar-refractivity contribution in [2.24, 2.45) is 0 Å². The Labute approximate surface area is 449 Å². The van der Waals surface area contributed by atoms with Gasteiger partial charge in [0.05, 0.1) is 39.9 Å². The van der Waals surface area contributed by atoms with Gasteiger partial charge in [0.2, 0.25) is 5.91 Å². The standard InChI is InChI=1S/C64H109N2O6P/c1-6-8-10-12-14-16-18-20-22-24-25-26-27-28-29-30-31-32-33-34-35-36-37-38-39-40-41-42-44-46-48-50-52-54-56-58-64(68)65-62(61-72-73(69,70)71-60-59-66(3,4)5)63(67)57-55-53-51-49-47-45-43-23-21-19-17-15-13-11-9-7-2/h8,10,14,16,20,22,25-26,28-29,31-32,34-35,37-38,40-41,47,49,55,57,62-63,67H,6-7,9,11-13,15,17-19,21,23-24,27,30,33,36,39,42-46,48,50-54,56,58-61H2,1-5H3,(H-,65,68,69,70)/b10-8-,16-14-,22-20-,26-25-,29-28-,32-31-,35-34-,38-37-,41-40-,49-47+,57-55+. The first-order valence-corrected chi connectivity index (χ1v) is 30.5. The summed E-state index contributed by atoms with van der Waals surface area (Å²) in [6.07, 6.45) is 81.0. The van der Waals surface area contributed by atoms with Gasteiger partial charge in [0, 0.05) is 6.42 Å². The lowest BCUT2D eigenvalue weighted by Crippen LogP contribution is -2.45. The number of likely N-dealkylation sites (N-methyl/N-ethyl adjacent to an activating group) is 1. The first-order chi connectivity index (χ1) is 35.5. The van der Waals surface area contributed by atoms with Gasteiger partial charge in [0.25, 0.3) is 7.82 Å². The van der Waals surface area contributed by atoms with Crippen LogP contribution in [0.2, 0.25) is 0 Å². The Hall–Kier alpha value is -3.36. The number of aliphatic hydroxyl groups is 1. The summed E-state index contributed by atoms with van der Waals surface area (Å²) in [5.74, 6) is -0.224. The van der Waals surface area contributed by atoms with Crippen LogP contribution >= 0.6 is 7.82 Å². The van der Waals surface area contributed by atoms with Crippen LogP contribution in [0.1, 0.15) is 213 Å². The van der Waals surface area contributed by atoms with Crippen molar-refractivity contribution in [2.75, 3.05) is 40.9 Å². The predicted octanol–water partition coefficient (Wildman–Crippen LogP) is 17.3. The van der Waals surface area contributed by atoms with Gasteiger partial charge in [0.15, 0.2) is 0 Å². The maximum absolute atomic E-state index is 13.0. The van der Waals surface area contributed by atoms with Crippen LogP contribution in [0.4, 0.5) is 0 Å². The van der Waals surface area contributed by atoms with Crippen LogP contribution in [0, 0.1) is 0 Å². The van der Waals surface area contributed by atoms with Crippen LogP contribution in [0.5, 0.6) is 0 Å². The maximum Gasteiger partial charge on any atom is 0.268 e. The zero-order valence-corrected chi connectivity index (χ0v) is 48.2. The van der Waals surface area contributed by atoms with E-state index in [1.165, 1.54) is 83.5 Å². The molecule has 0 bridgehead atoms. The molecule has 0 aliphatic carbocycles. The molecule has 0 rings (SSSR count). The van der Waals surface area contributed by atoms with Gasteiger partial charge < -0.3 is 28.8 Å². The highest BCUT2D eigenvalue weighted by Gasteiger charge is 2.23. The number of amides is 1. The second-order valence-electron chi connectivity index (χ2n) is 20.3. The number of aliphatic hydroxyl groups excluding tert-OH is 1. The number of quaternary nitrogens is 1. The molecule has 2 N–H and O–H groups in total. The third-order valence-electron chi connectivity index (χ3n) is 12.1. The Morgan fingerprint density at radius 3 is 1.27 bits per heavy atom. The third-order valence-corrected chi connectivity index (χ3v) is 13.1. The highest BCUT2D eigenvalue weighted by molar-refractivity contribution is 7.45. The maximum atomic E-state index is 13.0. The topological polar surface area (TPSA) is 108 Å². The van der Waals surface area contributed by atoms with E-state index in [9.17, 15) is 19.4 Å². The molecule has 0 spiro atoms. The third kappa shape index (κ3) is 56.2. The Balaban J connectivity index is 4.25. The molecule has 0 radical (unpaired) electrons. The average Bonchev–Trinajstić information content (AvgIpc) is 3.35. The van der Waals surface area contributed by atoms with E-state index in [-0.39, 0.29) is 12.5 Å². The van der Waals surface area contributed by atoms with Crippen molar-refractivity contribution in [2.45, 2.75) is 225 Å². The molecule has 0 saturated heterocycles. The van der Waals surface area contributed by atoms with Crippen molar-refractivity contribution < 1.29 is 32.9 Å². The summed E-state index contributed by atoms with van der Waals surface area (Å²) < 4.78 is 23.3. The van der Waals surface area contributed by atoms with Gasteiger partial charge in [-0.3, -0.25) is 9.36 Å². The van der Waals surface area contributed by atoms with Gasteiger partial charge in [-0.15, -0.1) is 0 Å². The van der Waals surface area contributed by atoms with Crippen molar-refractivity contribution in [3.05, 3.63) is 134 Å². The van der Waals surface area contributed by atoms with E-state index in [0.29, 0.717) is 17.4 Å². The fourth-order valence-electron chi connectivity index (χ4n) is 7.57. The molecule has 1 amide bonds. The van der Waals surface area contributed by atoms with E-state index in [1.54, 1.807) is 6.08 Å². The van der Waals surface area contributed by atoms with Crippen LogP contribution in [-0.2, 0) is 18.4 Å². The van der Waals surface area contributed by atoms with E-state index < -0.39 is 26.6 Å². The summed E-state index contributed by atoms with van der Waals surface area (Å²) in [4.78, 5) is 25.5. The quantitative estimate of drug-likeness (QED) is 0.0272. The summed E-state index contributed by atoms with van der Waals surface area (Å²) in [5, 5.41) is 13.8. The molecule has 3 atom stereocenters. The molecule has 416 valence electrons. The molecule has 73 heavy (non-hydrogen) atoms. The van der Waals surface area contributed by atoms with Crippen LogP contribution < -0.4 is 10.2 Å². The molecular weight excluding hydrogens is 924 g/mol. The van der Waals surface area contributed by atoms with Crippen molar-refractivity contribution in [3.63, 3.8) is 0 Å². The monoisotopic (exact) mass is 1030 g/mol. The molecule has 0 aliphatic rings. The number of rotatable bonds is 51. The smallest absolute Gasteiger partial charge is 0.268 e. The van der Waals surface area contributed by atoms with Gasteiger partial charge in [-0.05, 0) is 103 Å². The number of carbonyl (C=O) groups is 1. The second-order valence-corrected chi connectivity index (χ2v) is 21.7. The molecule has 8 nitrogen and oxygen atoms in total. The fourth-order valence-corrected chi connectivity index (χ4v) is 8.29. The first kappa shape index (κ1) is 69.6. The SMILES string of the molecule is CC/C=C\C/C=C\C/C=C\C/C=C\C/C=C\C/C=C\C/C=C\C/C=C\C/C=C\CCCCCCCCCC(=O)NC(COP(=O)([O-])OCC[N+](C)(C)C)C(O)/C=C/CC/C=C/CCCCCCCCCCCC. The lowest BCUT2D eigenvalue weighted by molar-refractivity contribution is -0.870. The molecule has 0 heterocycles. The number of hydrogen-bond donors (Lipinski definition) is 2. The van der Waals surface area contributed by atoms with Gasteiger partial charge in [0.1, 0.15) is 13.2 Å². The predicted molar refractivity (Wildman–Crippen MR) is 315 cm³/mol. The zero-order valence-electron chi connectivity index (χ0n) is 47.3. The molecule has 0 aromatic rings. The second kappa shape index (κ2) is 53.5. The summed E-state index contributed by atoms with van der Waals surface area (Å²) in [6.45, 7) is 4.48. The lowest BCUT2D eigenvalue weighted by atomic mass is 10.1. The Morgan fingerprint density at radius 2 is 0.849 bits per heavy atom. The number of unbranched alkanes of at least 4 members (excludes halogenated alkanes) is 18. The fraction of sp³-hybridized carbons (Fsp3) is 0.641.